The molecule has 0 aromatic carbocycles. The Morgan fingerprint density at radius 1 is 1.07 bits per heavy atom. The Balaban J connectivity index is 0.969. The van der Waals surface area contributed by atoms with Crippen molar-refractivity contribution in [3.05, 3.63) is 56.6 Å². The summed E-state index contributed by atoms with van der Waals surface area (Å²) in [7, 11) is 0. The van der Waals surface area contributed by atoms with Gasteiger partial charge in [-0.05, 0) is 94.0 Å². The van der Waals surface area contributed by atoms with Gasteiger partial charge in [-0.3, -0.25) is 0 Å². The largest absolute Gasteiger partial charge is 0.125 e. The fourth-order valence-electron chi connectivity index (χ4n) is 9.07. The summed E-state index contributed by atoms with van der Waals surface area (Å²) in [5, 5.41) is 0.971. The number of hydrogen-bond donors (Lipinski definition) is 0. The van der Waals surface area contributed by atoms with Crippen LogP contribution in [0.2, 0.25) is 0 Å². The predicted octanol–water partition coefficient (Wildman–Crippen LogP) is 5.91. The van der Waals surface area contributed by atoms with Crippen LogP contribution in [0.15, 0.2) is 56.6 Å². The second-order valence-electron chi connectivity index (χ2n) is 11.3. The first-order chi connectivity index (χ1) is 13.2. The van der Waals surface area contributed by atoms with Gasteiger partial charge in [-0.2, -0.15) is 0 Å². The summed E-state index contributed by atoms with van der Waals surface area (Å²) in [5.74, 6) is 9.55. The number of thioether (sulfide) groups is 1. The molecule has 0 spiro atoms. The van der Waals surface area contributed by atoms with Crippen LogP contribution in [0, 0.1) is 59.2 Å². The Kier molecular flexibility index (Phi) is 2.03. The summed E-state index contributed by atoms with van der Waals surface area (Å²) >= 11 is 2.28. The first kappa shape index (κ1) is 14.1. The van der Waals surface area contributed by atoms with Crippen molar-refractivity contribution < 1.29 is 0 Å². The van der Waals surface area contributed by atoms with Crippen molar-refractivity contribution in [2.75, 3.05) is 0 Å². The average Bonchev–Trinajstić information content (AvgIpc) is 3.21. The lowest BCUT2D eigenvalue weighted by Crippen LogP contribution is -2.74. The third-order valence-electron chi connectivity index (χ3n) is 10.6. The quantitative estimate of drug-likeness (QED) is 0.439. The Labute approximate surface area is 165 Å². The summed E-state index contributed by atoms with van der Waals surface area (Å²) in [6, 6.07) is 0. The van der Waals surface area contributed by atoms with Gasteiger partial charge in [0.05, 0.1) is 0 Å². The predicted molar refractivity (Wildman–Crippen MR) is 110 cm³/mol. The molecule has 3 saturated carbocycles. The van der Waals surface area contributed by atoms with E-state index in [-0.39, 0.29) is 0 Å². The molecule has 0 radical (unpaired) electrons. The van der Waals surface area contributed by atoms with E-state index in [1.54, 1.807) is 4.91 Å². The van der Waals surface area contributed by atoms with Gasteiger partial charge in [-0.1, -0.05) is 37.1 Å². The fraction of sp³-hybridized carbons (Fsp3) is 0.615. The number of allylic oxidation sites excluding steroid dienone is 9. The highest BCUT2D eigenvalue weighted by Crippen LogP contribution is 2.87. The maximum absolute atomic E-state index is 4.26. The molecule has 0 saturated heterocycles. The van der Waals surface area contributed by atoms with E-state index in [1.807, 2.05) is 33.4 Å². The topological polar surface area (TPSA) is 0 Å². The Hall–Kier alpha value is -0.950. The van der Waals surface area contributed by atoms with Gasteiger partial charge in [0.1, 0.15) is 0 Å². The standard InChI is InChI=1S/C26H26S/c1-8(2)13-22-24-21-19-18-16-14-11(6-10-5-4-9(10)3)7-12(14)15(16)17(18)20(19)23(21)26(24)27-25(13)22/h7,9-10,12-14,19-21,23-24,26H,1,4-6H2,2-3H3/t9?,10-,12?,13-,14+,19?,20?,21?,23?,24?,26?/m1/s1. The monoisotopic (exact) mass is 370 g/mol. The van der Waals surface area contributed by atoms with Gasteiger partial charge < -0.3 is 0 Å². The summed E-state index contributed by atoms with van der Waals surface area (Å²) < 4.78 is 0. The summed E-state index contributed by atoms with van der Waals surface area (Å²) in [6.45, 7) is 8.97. The van der Waals surface area contributed by atoms with Crippen molar-refractivity contribution >= 4 is 11.8 Å². The SMILES string of the molecule is C=C(C)[C@H]1C2=C1C1C(S2)C2C3C4=C(C5=C4C4C=C(C[C@H]6CCC6C)[C@H]54)C3C12. The van der Waals surface area contributed by atoms with E-state index in [9.17, 15) is 0 Å². The molecule has 0 aromatic rings. The van der Waals surface area contributed by atoms with Crippen LogP contribution in [-0.2, 0) is 0 Å². The minimum absolute atomic E-state index is 0.722. The minimum Gasteiger partial charge on any atom is -0.125 e. The smallest absolute Gasteiger partial charge is 0.0327 e. The maximum Gasteiger partial charge on any atom is 0.0327 e. The van der Waals surface area contributed by atoms with E-state index >= 15 is 0 Å². The first-order valence-corrected chi connectivity index (χ1v) is 12.3. The van der Waals surface area contributed by atoms with Crippen molar-refractivity contribution in [2.45, 2.75) is 38.4 Å². The van der Waals surface area contributed by atoms with Crippen molar-refractivity contribution in [1.29, 1.82) is 0 Å². The second-order valence-corrected chi connectivity index (χ2v) is 12.6. The van der Waals surface area contributed by atoms with Crippen LogP contribution in [0.25, 0.3) is 0 Å². The Morgan fingerprint density at radius 2 is 1.89 bits per heavy atom. The molecule has 0 bridgehead atoms. The molecule has 136 valence electrons. The molecule has 9 rings (SSSR count). The molecule has 0 N–H and O–H groups in total. The van der Waals surface area contributed by atoms with Gasteiger partial charge >= 0.3 is 0 Å². The lowest BCUT2D eigenvalue weighted by Gasteiger charge is -2.78. The van der Waals surface area contributed by atoms with Crippen LogP contribution in [0.1, 0.15) is 33.1 Å². The van der Waals surface area contributed by atoms with Crippen LogP contribution >= 0.6 is 11.8 Å². The third kappa shape index (κ3) is 1.18. The van der Waals surface area contributed by atoms with Gasteiger partial charge in [0, 0.05) is 23.0 Å². The van der Waals surface area contributed by atoms with Gasteiger partial charge in [0.25, 0.3) is 0 Å². The highest BCUT2D eigenvalue weighted by Gasteiger charge is 2.80. The molecule has 1 aliphatic heterocycles. The summed E-state index contributed by atoms with van der Waals surface area (Å²) in [6.07, 6.45) is 7.09. The van der Waals surface area contributed by atoms with Gasteiger partial charge in [0.15, 0.2) is 0 Å². The van der Waals surface area contributed by atoms with Crippen molar-refractivity contribution in [2.24, 2.45) is 59.2 Å². The number of rotatable bonds is 3. The molecule has 3 fully saturated rings. The number of hydrogen-bond acceptors (Lipinski definition) is 1. The van der Waals surface area contributed by atoms with E-state index in [2.05, 4.69) is 38.3 Å². The minimum atomic E-state index is 0.722. The van der Waals surface area contributed by atoms with Crippen LogP contribution in [-0.4, -0.2) is 5.25 Å². The normalized spacial score (nSPS) is 58.0. The molecule has 11 atom stereocenters. The first-order valence-electron chi connectivity index (χ1n) is 11.4. The lowest BCUT2D eigenvalue weighted by atomic mass is 9.26. The summed E-state index contributed by atoms with van der Waals surface area (Å²) in [5.41, 5.74) is 12.7. The van der Waals surface area contributed by atoms with Crippen LogP contribution in [0.5, 0.6) is 0 Å². The van der Waals surface area contributed by atoms with E-state index in [4.69, 9.17) is 0 Å². The molecule has 8 unspecified atom stereocenters. The molecule has 0 nitrogen and oxygen atoms in total. The molecule has 27 heavy (non-hydrogen) atoms. The zero-order valence-corrected chi connectivity index (χ0v) is 17.0. The van der Waals surface area contributed by atoms with E-state index in [0.29, 0.717) is 0 Å². The molecule has 0 amide bonds. The maximum atomic E-state index is 4.26. The molecule has 1 heterocycles. The van der Waals surface area contributed by atoms with Gasteiger partial charge in [-0.15, -0.1) is 11.8 Å². The van der Waals surface area contributed by atoms with E-state index in [1.165, 1.54) is 24.8 Å². The highest BCUT2D eigenvalue weighted by molar-refractivity contribution is 8.04. The average molecular weight is 371 g/mol. The van der Waals surface area contributed by atoms with Gasteiger partial charge in [0.2, 0.25) is 0 Å². The Morgan fingerprint density at radius 3 is 2.63 bits per heavy atom. The molecule has 0 aromatic heterocycles. The zero-order valence-electron chi connectivity index (χ0n) is 16.2. The molecule has 8 aliphatic carbocycles. The van der Waals surface area contributed by atoms with Crippen molar-refractivity contribution in [1.82, 2.24) is 0 Å². The molecular weight excluding hydrogens is 344 g/mol. The van der Waals surface area contributed by atoms with Gasteiger partial charge in [-0.25, -0.2) is 0 Å². The third-order valence-corrected chi connectivity index (χ3v) is 12.2. The molecular formula is C26H26S. The zero-order chi connectivity index (χ0) is 17.5. The van der Waals surface area contributed by atoms with E-state index in [0.717, 1.165) is 64.4 Å². The molecule has 9 aliphatic rings. The summed E-state index contributed by atoms with van der Waals surface area (Å²) in [4.78, 5) is 1.76. The lowest BCUT2D eigenvalue weighted by molar-refractivity contribution is -0.121. The fourth-order valence-corrected chi connectivity index (χ4v) is 11.1. The van der Waals surface area contributed by atoms with Crippen molar-refractivity contribution in [3.63, 3.8) is 0 Å². The van der Waals surface area contributed by atoms with Crippen LogP contribution in [0.4, 0.5) is 0 Å². The Bertz CT molecular complexity index is 1050. The molecule has 1 heteroatoms. The number of fused-ring (bicyclic) bond motifs is 15. The second kappa shape index (κ2) is 3.89. The van der Waals surface area contributed by atoms with Crippen molar-refractivity contribution in [3.8, 4) is 0 Å². The van der Waals surface area contributed by atoms with Crippen LogP contribution in [0.3, 0.4) is 0 Å². The van der Waals surface area contributed by atoms with Crippen LogP contribution < -0.4 is 0 Å². The highest BCUT2D eigenvalue weighted by atomic mass is 32.2. The van der Waals surface area contributed by atoms with E-state index < -0.39 is 0 Å².